The van der Waals surface area contributed by atoms with Crippen LogP contribution >= 0.6 is 0 Å². The largest absolute Gasteiger partial charge is 0.372 e. The minimum absolute atomic E-state index is 0.00225. The van der Waals surface area contributed by atoms with Crippen molar-refractivity contribution in [3.05, 3.63) is 264 Å². The quantitative estimate of drug-likeness (QED) is 0.0837. The van der Waals surface area contributed by atoms with Crippen LogP contribution in [0.5, 0.6) is 0 Å². The third-order valence-corrected chi connectivity index (χ3v) is 15.0. The monoisotopic (exact) mass is 1090 g/mol. The number of aromatic nitrogens is 8. The average molecular weight is 1090 g/mol. The second kappa shape index (κ2) is 23.9. The Morgan fingerprint density at radius 2 is 0.627 bits per heavy atom. The molecule has 0 bridgehead atoms. The molecule has 11 aromatic rings. The molecule has 3 heterocycles. The van der Waals surface area contributed by atoms with Gasteiger partial charge in [-0.1, -0.05) is 237 Å². The van der Waals surface area contributed by atoms with E-state index in [-0.39, 0.29) is 10.8 Å². The molecule has 8 aromatic carbocycles. The highest BCUT2D eigenvalue weighted by molar-refractivity contribution is 5.74. The van der Waals surface area contributed by atoms with Gasteiger partial charge in [-0.15, -0.1) is 20.4 Å². The first-order valence-corrected chi connectivity index (χ1v) is 28.1. The molecule has 83 heavy (non-hydrogen) atoms. The van der Waals surface area contributed by atoms with Crippen molar-refractivity contribution in [2.75, 3.05) is 0 Å². The zero-order valence-electron chi connectivity index (χ0n) is 48.3. The average Bonchev–Trinajstić information content (AvgIpc) is 3.66. The third-order valence-electron chi connectivity index (χ3n) is 15.0. The van der Waals surface area contributed by atoms with Gasteiger partial charge in [-0.2, -0.15) is 0 Å². The van der Waals surface area contributed by atoms with Gasteiger partial charge in [0.1, 0.15) is 5.82 Å². The zero-order chi connectivity index (χ0) is 57.7. The lowest BCUT2D eigenvalue weighted by Gasteiger charge is -2.20. The molecule has 10 nitrogen and oxygen atoms in total. The second-order valence-corrected chi connectivity index (χ2v) is 23.1. The van der Waals surface area contributed by atoms with Crippen LogP contribution in [0, 0.1) is 6.92 Å². The Labute approximate surface area is 487 Å². The molecule has 11 rings (SSSR count). The van der Waals surface area contributed by atoms with Gasteiger partial charge in [0.25, 0.3) is 0 Å². The second-order valence-electron chi connectivity index (χ2n) is 23.1. The molecule has 0 radical (unpaired) electrons. The van der Waals surface area contributed by atoms with E-state index in [2.05, 4.69) is 264 Å². The fraction of sp³-hybridized carbons (Fsp3) is 0.178. The summed E-state index contributed by atoms with van der Waals surface area (Å²) in [7, 11) is 0. The van der Waals surface area contributed by atoms with Crippen LogP contribution in [0.4, 0.5) is 0 Å². The van der Waals surface area contributed by atoms with E-state index in [1.807, 2.05) is 19.1 Å². The van der Waals surface area contributed by atoms with Gasteiger partial charge in [0.15, 0.2) is 23.3 Å². The molecule has 412 valence electrons. The van der Waals surface area contributed by atoms with Crippen molar-refractivity contribution < 1.29 is 9.47 Å². The molecule has 0 aliphatic heterocycles. The predicted molar refractivity (Wildman–Crippen MR) is 337 cm³/mol. The van der Waals surface area contributed by atoms with Gasteiger partial charge in [0.05, 0.1) is 37.8 Å². The Hall–Kier alpha value is -9.48. The summed E-state index contributed by atoms with van der Waals surface area (Å²) >= 11 is 0. The van der Waals surface area contributed by atoms with Crippen LogP contribution in [0.3, 0.4) is 0 Å². The van der Waals surface area contributed by atoms with Crippen LogP contribution in [-0.4, -0.2) is 39.5 Å². The predicted octanol–water partition coefficient (Wildman–Crippen LogP) is 17.3. The molecule has 0 atom stereocenters. The summed E-state index contributed by atoms with van der Waals surface area (Å²) in [5, 5.41) is 19.3. The van der Waals surface area contributed by atoms with Crippen molar-refractivity contribution in [2.24, 2.45) is 0 Å². The number of nitrogens with zero attached hydrogens (tertiary/aromatic N) is 8. The molecule has 0 saturated carbocycles. The van der Waals surface area contributed by atoms with E-state index in [1.165, 1.54) is 11.1 Å². The molecular formula is C73H68N8O2. The summed E-state index contributed by atoms with van der Waals surface area (Å²) in [6.45, 7) is 25.0. The number of hydrogen-bond donors (Lipinski definition) is 0. The van der Waals surface area contributed by atoms with Crippen molar-refractivity contribution in [2.45, 2.75) is 85.7 Å². The van der Waals surface area contributed by atoms with Crippen molar-refractivity contribution >= 4 is 12.2 Å². The summed E-state index contributed by atoms with van der Waals surface area (Å²) in [6, 6.07) is 69.5. The van der Waals surface area contributed by atoms with Crippen LogP contribution in [0.15, 0.2) is 213 Å². The zero-order valence-corrected chi connectivity index (χ0v) is 48.3. The SMILES string of the molecule is C=Cc1ccc(COCc2ccc(-c3nnc(-c4ccc(-c5cc(-c6ccc(-c7nnc(-c8ccc(COCc9ccc(C=C)cc9)cc8)n7-c7ccc(C(C)(C)C)cc7)cc6)nc(C)n5)cc4)n3-c3ccc(C(C)(C)C)cc3)cc2)cc1. The third kappa shape index (κ3) is 12.7. The Morgan fingerprint density at radius 1 is 0.361 bits per heavy atom. The Kier molecular flexibility index (Phi) is 16.0. The van der Waals surface area contributed by atoms with Crippen LogP contribution in [0.25, 0.3) is 91.6 Å². The molecule has 10 heteroatoms. The highest BCUT2D eigenvalue weighted by Gasteiger charge is 2.22. The van der Waals surface area contributed by atoms with E-state index in [0.29, 0.717) is 32.3 Å². The molecule has 3 aromatic heterocycles. The maximum Gasteiger partial charge on any atom is 0.168 e. The standard InChI is InChI=1S/C73H68N8O2/c1-10-50-12-16-52(17-13-50)45-82-47-54-20-24-58(25-21-54)68-76-78-70(80(68)64-40-36-62(37-41-64)72(4,5)6)60-32-28-56(29-33-60)66-44-67(75-49(3)74-66)57-30-34-61(35-31-57)71-79-77-69(81(71)65-42-38-63(39-43-65)73(7,8)9)59-26-22-55(23-27-59)48-83-46-53-18-14-51(11-2)15-19-53/h10-44H,1-2,45-48H2,3-9H3. The molecule has 0 aliphatic carbocycles. The van der Waals surface area contributed by atoms with Gasteiger partial charge >= 0.3 is 0 Å². The first-order valence-electron chi connectivity index (χ1n) is 28.1. The summed E-state index contributed by atoms with van der Waals surface area (Å²) in [5.41, 5.74) is 18.3. The normalized spacial score (nSPS) is 11.7. The molecule has 0 unspecified atom stereocenters. The van der Waals surface area contributed by atoms with E-state index in [9.17, 15) is 0 Å². The number of rotatable bonds is 18. The number of ether oxygens (including phenoxy) is 2. The summed E-state index contributed by atoms with van der Waals surface area (Å²) in [6.07, 6.45) is 3.69. The molecule has 0 spiro atoms. The molecule has 0 N–H and O–H groups in total. The van der Waals surface area contributed by atoms with Crippen LogP contribution in [0.2, 0.25) is 0 Å². The van der Waals surface area contributed by atoms with Crippen molar-refractivity contribution in [3.63, 3.8) is 0 Å². The van der Waals surface area contributed by atoms with Crippen molar-refractivity contribution in [1.29, 1.82) is 0 Å². The first-order chi connectivity index (χ1) is 40.2. The van der Waals surface area contributed by atoms with Gasteiger partial charge < -0.3 is 9.47 Å². The van der Waals surface area contributed by atoms with Crippen LogP contribution in [0.1, 0.15) is 91.9 Å². The lowest BCUT2D eigenvalue weighted by atomic mass is 9.87. The minimum Gasteiger partial charge on any atom is -0.372 e. The fourth-order valence-electron chi connectivity index (χ4n) is 10.0. The van der Waals surface area contributed by atoms with Gasteiger partial charge in [0, 0.05) is 44.8 Å². The summed E-state index contributed by atoms with van der Waals surface area (Å²) in [4.78, 5) is 9.86. The Morgan fingerprint density at radius 3 is 0.904 bits per heavy atom. The van der Waals surface area contributed by atoms with Gasteiger partial charge in [-0.25, -0.2) is 9.97 Å². The van der Waals surface area contributed by atoms with E-state index in [0.717, 1.165) is 113 Å². The lowest BCUT2D eigenvalue weighted by molar-refractivity contribution is 0.107. The molecule has 0 amide bonds. The van der Waals surface area contributed by atoms with Crippen molar-refractivity contribution in [1.82, 2.24) is 39.5 Å². The fourth-order valence-corrected chi connectivity index (χ4v) is 10.0. The van der Waals surface area contributed by atoms with E-state index < -0.39 is 0 Å². The summed E-state index contributed by atoms with van der Waals surface area (Å²) < 4.78 is 16.5. The van der Waals surface area contributed by atoms with Gasteiger partial charge in [0.2, 0.25) is 0 Å². The number of aryl methyl sites for hydroxylation is 1. The minimum atomic E-state index is 0.00225. The lowest BCUT2D eigenvalue weighted by Crippen LogP contribution is -2.11. The van der Waals surface area contributed by atoms with Crippen molar-refractivity contribution in [3.8, 4) is 79.4 Å². The van der Waals surface area contributed by atoms with Crippen LogP contribution in [-0.2, 0) is 46.7 Å². The Bertz CT molecular complexity index is 3750. The highest BCUT2D eigenvalue weighted by Crippen LogP contribution is 2.35. The topological polar surface area (TPSA) is 106 Å². The smallest absolute Gasteiger partial charge is 0.168 e. The van der Waals surface area contributed by atoms with E-state index in [1.54, 1.807) is 0 Å². The molecular weight excluding hydrogens is 1020 g/mol. The van der Waals surface area contributed by atoms with E-state index in [4.69, 9.17) is 39.8 Å². The Balaban J connectivity index is 0.840. The molecule has 0 fully saturated rings. The van der Waals surface area contributed by atoms with E-state index >= 15 is 0 Å². The highest BCUT2D eigenvalue weighted by atomic mass is 16.5. The first kappa shape index (κ1) is 55.4. The van der Waals surface area contributed by atoms with Gasteiger partial charge in [-0.05, 0) is 92.6 Å². The number of benzene rings is 8. The van der Waals surface area contributed by atoms with Gasteiger partial charge in [-0.3, -0.25) is 9.13 Å². The maximum atomic E-state index is 6.10. The number of hydrogen-bond acceptors (Lipinski definition) is 8. The molecule has 0 saturated heterocycles. The maximum absolute atomic E-state index is 6.10. The van der Waals surface area contributed by atoms with Crippen LogP contribution < -0.4 is 0 Å². The molecule has 0 aliphatic rings. The summed E-state index contributed by atoms with van der Waals surface area (Å²) in [5.74, 6) is 3.63.